The first-order valence-corrected chi connectivity index (χ1v) is 11.2. The van der Waals surface area contributed by atoms with Gasteiger partial charge >= 0.3 is 6.16 Å². The second-order valence-electron chi connectivity index (χ2n) is 7.39. The highest BCUT2D eigenvalue weighted by molar-refractivity contribution is 5.69. The van der Waals surface area contributed by atoms with Crippen LogP contribution in [0.4, 0.5) is 16.2 Å². The Bertz CT molecular complexity index is 1130. The van der Waals surface area contributed by atoms with Gasteiger partial charge in [0.1, 0.15) is 24.7 Å². The molecule has 19 nitrogen and oxygen atoms in total. The fraction of sp³-hybridized carbons (Fsp3) is 0.381. The fourth-order valence-electron chi connectivity index (χ4n) is 3.06. The molecule has 0 radical (unpaired) electrons. The second-order valence-corrected chi connectivity index (χ2v) is 7.39. The number of non-ortho nitro benzene ring substituents is 2. The SMILES string of the molecule is O=C(Oc1ccc([N+](=O)[O-])cc1CCOCCO[N+](=O)[O-])Oc1ccc([N+](=O)[O-])cc1CCOCCO[N+](=O)[O-]. The third kappa shape index (κ3) is 11.1. The Balaban J connectivity index is 2.07. The summed E-state index contributed by atoms with van der Waals surface area (Å²) in [5, 5.41) is 40.7. The van der Waals surface area contributed by atoms with Gasteiger partial charge in [-0.1, -0.05) is 0 Å². The van der Waals surface area contributed by atoms with Crippen LogP contribution in [0, 0.1) is 40.5 Å². The molecule has 216 valence electrons. The van der Waals surface area contributed by atoms with E-state index in [1.165, 1.54) is 12.1 Å². The first kappa shape index (κ1) is 31.1. The fourth-order valence-corrected chi connectivity index (χ4v) is 3.06. The summed E-state index contributed by atoms with van der Waals surface area (Å²) in [4.78, 5) is 62.1. The zero-order chi connectivity index (χ0) is 29.5. The van der Waals surface area contributed by atoms with Gasteiger partial charge in [-0.2, -0.15) is 0 Å². The van der Waals surface area contributed by atoms with Crippen LogP contribution in [0.3, 0.4) is 0 Å². The van der Waals surface area contributed by atoms with Crippen LogP contribution in [-0.2, 0) is 32.0 Å². The third-order valence-corrected chi connectivity index (χ3v) is 4.78. The number of nitrogens with zero attached hydrogens (tertiary/aromatic N) is 4. The number of hydrogen-bond donors (Lipinski definition) is 0. The molecular formula is C21H22N4O15. The molecular weight excluding hydrogens is 548 g/mol. The van der Waals surface area contributed by atoms with E-state index in [0.717, 1.165) is 24.3 Å². The van der Waals surface area contributed by atoms with E-state index in [-0.39, 0.29) is 86.5 Å². The summed E-state index contributed by atoms with van der Waals surface area (Å²) >= 11 is 0. The second kappa shape index (κ2) is 15.9. The lowest BCUT2D eigenvalue weighted by Crippen LogP contribution is -2.17. The number of rotatable bonds is 18. The van der Waals surface area contributed by atoms with Gasteiger partial charge in [-0.25, -0.2) is 4.79 Å². The lowest BCUT2D eigenvalue weighted by Gasteiger charge is -2.13. The van der Waals surface area contributed by atoms with Crippen LogP contribution >= 0.6 is 0 Å². The Labute approximate surface area is 223 Å². The molecule has 40 heavy (non-hydrogen) atoms. The van der Waals surface area contributed by atoms with Crippen molar-refractivity contribution in [2.45, 2.75) is 12.8 Å². The molecule has 0 saturated carbocycles. The van der Waals surface area contributed by atoms with Crippen LogP contribution in [0.25, 0.3) is 0 Å². The number of nitro groups is 2. The smallest absolute Gasteiger partial charge is 0.394 e. The first-order valence-electron chi connectivity index (χ1n) is 11.2. The standard InChI is InChI=1S/C21H22N4O15/c26-21(39-19-3-1-17(22(27)28)13-15(19)5-7-35-9-11-37-24(31)32)40-20-4-2-18(23(29)30)14-16(20)6-8-36-10-12-38-25(33)34/h1-4,13-14H,5-12H2. The topological polar surface area (TPSA) is 245 Å². The van der Waals surface area contributed by atoms with Gasteiger partial charge < -0.3 is 28.6 Å². The molecule has 0 spiro atoms. The Morgan fingerprint density at radius 1 is 0.600 bits per heavy atom. The normalized spacial score (nSPS) is 10.4. The maximum absolute atomic E-state index is 12.5. The van der Waals surface area contributed by atoms with E-state index in [2.05, 4.69) is 9.68 Å². The Kier molecular flexibility index (Phi) is 12.4. The van der Waals surface area contributed by atoms with Crippen molar-refractivity contribution < 1.29 is 53.4 Å². The van der Waals surface area contributed by atoms with E-state index in [4.69, 9.17) is 18.9 Å². The molecule has 0 amide bonds. The van der Waals surface area contributed by atoms with E-state index in [9.17, 15) is 45.3 Å². The molecule has 0 fully saturated rings. The van der Waals surface area contributed by atoms with Gasteiger partial charge in [-0.15, -0.1) is 20.2 Å². The molecule has 0 atom stereocenters. The molecule has 19 heteroatoms. The van der Waals surface area contributed by atoms with Gasteiger partial charge in [-0.05, 0) is 25.0 Å². The third-order valence-electron chi connectivity index (χ3n) is 4.78. The predicted molar refractivity (Wildman–Crippen MR) is 128 cm³/mol. The zero-order valence-corrected chi connectivity index (χ0v) is 20.5. The Hall–Kier alpha value is -5.17. The van der Waals surface area contributed by atoms with Crippen molar-refractivity contribution in [3.8, 4) is 11.5 Å². The minimum Gasteiger partial charge on any atom is -0.394 e. The predicted octanol–water partition coefficient (Wildman–Crippen LogP) is 2.62. The highest BCUT2D eigenvalue weighted by Crippen LogP contribution is 2.28. The summed E-state index contributed by atoms with van der Waals surface area (Å²) in [6.07, 6.45) is -1.22. The molecule has 2 aromatic rings. The molecule has 0 aliphatic carbocycles. The van der Waals surface area contributed by atoms with Crippen molar-refractivity contribution in [2.75, 3.05) is 39.6 Å². The summed E-state index contributed by atoms with van der Waals surface area (Å²) in [5.41, 5.74) is -0.214. The molecule has 0 aliphatic rings. The lowest BCUT2D eigenvalue weighted by atomic mass is 10.1. The quantitative estimate of drug-likeness (QED) is 0.0821. The van der Waals surface area contributed by atoms with Crippen molar-refractivity contribution >= 4 is 17.5 Å². The van der Waals surface area contributed by atoms with E-state index >= 15 is 0 Å². The molecule has 0 bridgehead atoms. The average Bonchev–Trinajstić information content (AvgIpc) is 2.89. The van der Waals surface area contributed by atoms with Crippen molar-refractivity contribution in [2.24, 2.45) is 0 Å². The minimum absolute atomic E-state index is 0.0169. The number of carbonyl (C=O) groups is 1. The van der Waals surface area contributed by atoms with Gasteiger partial charge in [0.15, 0.2) is 0 Å². The molecule has 0 aliphatic heterocycles. The summed E-state index contributed by atoms with van der Waals surface area (Å²) in [6.45, 7) is -1.02. The maximum Gasteiger partial charge on any atom is 0.519 e. The molecule has 0 aromatic heterocycles. The van der Waals surface area contributed by atoms with E-state index in [1.807, 2.05) is 0 Å². The van der Waals surface area contributed by atoms with Crippen LogP contribution in [0.15, 0.2) is 36.4 Å². The van der Waals surface area contributed by atoms with E-state index in [0.29, 0.717) is 0 Å². The number of benzene rings is 2. The molecule has 0 heterocycles. The molecule has 0 unspecified atom stereocenters. The highest BCUT2D eigenvalue weighted by atomic mass is 17.0. The Morgan fingerprint density at radius 3 is 1.35 bits per heavy atom. The van der Waals surface area contributed by atoms with Crippen molar-refractivity contribution in [1.82, 2.24) is 0 Å². The van der Waals surface area contributed by atoms with Gasteiger partial charge in [0.2, 0.25) is 0 Å². The lowest BCUT2D eigenvalue weighted by molar-refractivity contribution is -0.758. The van der Waals surface area contributed by atoms with Crippen LogP contribution < -0.4 is 9.47 Å². The summed E-state index contributed by atoms with van der Waals surface area (Å²) in [6, 6.07) is 6.82. The van der Waals surface area contributed by atoms with Crippen molar-refractivity contribution in [1.29, 1.82) is 0 Å². The number of nitro benzene ring substituents is 2. The van der Waals surface area contributed by atoms with Crippen molar-refractivity contribution in [3.05, 3.63) is 88.0 Å². The zero-order valence-electron chi connectivity index (χ0n) is 20.5. The van der Waals surface area contributed by atoms with Crippen molar-refractivity contribution in [3.63, 3.8) is 0 Å². The summed E-state index contributed by atoms with van der Waals surface area (Å²) in [5.74, 6) is -0.198. The molecule has 2 aromatic carbocycles. The monoisotopic (exact) mass is 570 g/mol. The highest BCUT2D eigenvalue weighted by Gasteiger charge is 2.19. The van der Waals surface area contributed by atoms with Crippen LogP contribution in [0.1, 0.15) is 11.1 Å². The largest absolute Gasteiger partial charge is 0.519 e. The van der Waals surface area contributed by atoms with Crippen LogP contribution in [0.2, 0.25) is 0 Å². The summed E-state index contributed by atoms with van der Waals surface area (Å²) in [7, 11) is 0. The van der Waals surface area contributed by atoms with Crippen LogP contribution in [-0.4, -0.2) is 65.8 Å². The number of carbonyl (C=O) groups excluding carboxylic acids is 1. The molecule has 0 saturated heterocycles. The Morgan fingerprint density at radius 2 is 1.00 bits per heavy atom. The van der Waals surface area contributed by atoms with E-state index in [1.54, 1.807) is 0 Å². The van der Waals surface area contributed by atoms with Crippen LogP contribution in [0.5, 0.6) is 11.5 Å². The van der Waals surface area contributed by atoms with Gasteiger partial charge in [0, 0.05) is 35.4 Å². The number of ether oxygens (including phenoxy) is 4. The maximum atomic E-state index is 12.5. The van der Waals surface area contributed by atoms with E-state index < -0.39 is 26.2 Å². The molecule has 0 N–H and O–H groups in total. The minimum atomic E-state index is -1.26. The van der Waals surface area contributed by atoms with Gasteiger partial charge in [-0.3, -0.25) is 20.2 Å². The average molecular weight is 570 g/mol. The first-order chi connectivity index (χ1) is 19.1. The molecule has 2 rings (SSSR count). The van der Waals surface area contributed by atoms with Gasteiger partial charge in [0.05, 0.1) is 36.3 Å². The summed E-state index contributed by atoms with van der Waals surface area (Å²) < 4.78 is 20.8. The number of hydrogen-bond acceptors (Lipinski definition) is 15. The van der Waals surface area contributed by atoms with Gasteiger partial charge in [0.25, 0.3) is 21.5 Å².